The van der Waals surface area contributed by atoms with Gasteiger partial charge in [0.15, 0.2) is 11.8 Å². The lowest BCUT2D eigenvalue weighted by molar-refractivity contribution is -0.0784. The summed E-state index contributed by atoms with van der Waals surface area (Å²) in [6, 6.07) is 1.18. The Morgan fingerprint density at radius 3 is 2.73 bits per heavy atom. The van der Waals surface area contributed by atoms with Crippen LogP contribution in [0.3, 0.4) is 0 Å². The predicted molar refractivity (Wildman–Crippen MR) is 78.2 cm³/mol. The molecule has 2 heterocycles. The number of nitrogens with two attached hydrogens (primary N) is 1. The van der Waals surface area contributed by atoms with Gasteiger partial charge in [-0.3, -0.25) is 14.3 Å². The summed E-state index contributed by atoms with van der Waals surface area (Å²) in [5, 5.41) is 22.1. The van der Waals surface area contributed by atoms with Gasteiger partial charge in [-0.1, -0.05) is 5.92 Å². The van der Waals surface area contributed by atoms with Crippen molar-refractivity contribution in [2.24, 2.45) is 5.73 Å². The summed E-state index contributed by atoms with van der Waals surface area (Å²) in [6.07, 6.45) is -4.73. The minimum absolute atomic E-state index is 0.267. The first kappa shape index (κ1) is 16.7. The molecule has 8 nitrogen and oxygen atoms in total. The van der Waals surface area contributed by atoms with E-state index in [1.165, 1.54) is 19.9 Å². The number of aromatic nitrogens is 2. The largest absolute Gasteiger partial charge is 0.391 e. The number of nitrogens with zero attached hydrogens (tertiary/aromatic N) is 1. The molecular weight excluding hydrogens is 314 g/mol. The van der Waals surface area contributed by atoms with Gasteiger partial charge in [0.25, 0.3) is 5.56 Å². The number of aryl methyl sites for hydroxylation is 1. The lowest BCUT2D eigenvalue weighted by Crippen LogP contribution is -2.56. The van der Waals surface area contributed by atoms with Gasteiger partial charge in [-0.05, 0) is 25.4 Å². The van der Waals surface area contributed by atoms with E-state index in [1.807, 2.05) is 0 Å². The Hall–Kier alpha value is -1.63. The Morgan fingerprint density at radius 2 is 2.23 bits per heavy atom. The number of hydrogen-bond acceptors (Lipinski definition) is 6. The highest BCUT2D eigenvalue weighted by Gasteiger charge is 2.56. The van der Waals surface area contributed by atoms with Crippen molar-refractivity contribution >= 4 is 11.6 Å². The van der Waals surface area contributed by atoms with Gasteiger partial charge in [0, 0.05) is 17.1 Å². The van der Waals surface area contributed by atoms with Gasteiger partial charge in [0.1, 0.15) is 12.2 Å². The van der Waals surface area contributed by atoms with Gasteiger partial charge in [-0.2, -0.15) is 0 Å². The fourth-order valence-electron chi connectivity index (χ4n) is 2.54. The van der Waals surface area contributed by atoms with Crippen LogP contribution in [0, 0.1) is 18.2 Å². The van der Waals surface area contributed by atoms with Gasteiger partial charge in [0.2, 0.25) is 0 Å². The van der Waals surface area contributed by atoms with E-state index in [-0.39, 0.29) is 5.69 Å². The Balaban J connectivity index is 2.64. The molecule has 0 radical (unpaired) electrons. The van der Waals surface area contributed by atoms with Crippen molar-refractivity contribution in [1.29, 1.82) is 0 Å². The van der Waals surface area contributed by atoms with Gasteiger partial charge in [-0.25, -0.2) is 4.79 Å². The molecule has 120 valence electrons. The number of rotatable bonds is 2. The smallest absolute Gasteiger partial charge is 0.330 e. The van der Waals surface area contributed by atoms with Crippen LogP contribution >= 0.6 is 11.6 Å². The molecule has 1 aliphatic rings. The van der Waals surface area contributed by atoms with Crippen LogP contribution in [-0.2, 0) is 4.74 Å². The summed E-state index contributed by atoms with van der Waals surface area (Å²) in [4.78, 5) is 25.5. The van der Waals surface area contributed by atoms with E-state index in [0.717, 1.165) is 4.57 Å². The van der Waals surface area contributed by atoms with E-state index in [1.54, 1.807) is 0 Å². The first-order chi connectivity index (χ1) is 10.2. The molecule has 0 aromatic carbocycles. The monoisotopic (exact) mass is 329 g/mol. The first-order valence-corrected chi connectivity index (χ1v) is 6.86. The molecule has 0 bridgehead atoms. The molecule has 0 spiro atoms. The summed E-state index contributed by atoms with van der Waals surface area (Å²) in [6.45, 7) is 2.92. The number of halogens is 1. The summed E-state index contributed by atoms with van der Waals surface area (Å²) in [7, 11) is 0. The predicted octanol–water partition coefficient (Wildman–Crippen LogP) is -1.62. The van der Waals surface area contributed by atoms with Crippen LogP contribution in [0.5, 0.6) is 0 Å². The second-order valence-electron chi connectivity index (χ2n) is 5.24. The van der Waals surface area contributed by atoms with Crippen molar-refractivity contribution in [2.75, 3.05) is 0 Å². The molecular formula is C13H16ClN3O5. The molecule has 1 aromatic heterocycles. The SMILES string of the molecule is Cc1cc(=O)[nH]c(=O)n1[C@@H]1O[C@H]([C@@H](C)O)[C@H](O)C1(N)C#CCl. The molecule has 1 aromatic rings. The zero-order chi connectivity index (χ0) is 16.7. The Labute approximate surface area is 130 Å². The van der Waals surface area contributed by atoms with Gasteiger partial charge < -0.3 is 20.7 Å². The van der Waals surface area contributed by atoms with E-state index in [4.69, 9.17) is 22.1 Å². The molecule has 0 saturated carbocycles. The maximum atomic E-state index is 12.1. The summed E-state index contributed by atoms with van der Waals surface area (Å²) in [5.74, 6) is 2.43. The molecule has 5 atom stereocenters. The van der Waals surface area contributed by atoms with Gasteiger partial charge in [0.05, 0.1) is 6.10 Å². The third kappa shape index (κ3) is 2.58. The minimum Gasteiger partial charge on any atom is -0.391 e. The van der Waals surface area contributed by atoms with Gasteiger partial charge >= 0.3 is 5.69 Å². The quantitative estimate of drug-likeness (QED) is 0.482. The molecule has 1 unspecified atom stereocenters. The zero-order valence-corrected chi connectivity index (χ0v) is 12.7. The van der Waals surface area contributed by atoms with Crippen LogP contribution in [-0.4, -0.2) is 43.6 Å². The summed E-state index contributed by atoms with van der Waals surface area (Å²) >= 11 is 5.41. The number of aliphatic hydroxyl groups excluding tert-OH is 2. The molecule has 1 aliphatic heterocycles. The number of H-pyrrole nitrogens is 1. The molecule has 0 aliphatic carbocycles. The molecule has 9 heteroatoms. The molecule has 22 heavy (non-hydrogen) atoms. The van der Waals surface area contributed by atoms with Crippen molar-refractivity contribution < 1.29 is 14.9 Å². The van der Waals surface area contributed by atoms with Crippen molar-refractivity contribution in [1.82, 2.24) is 9.55 Å². The lowest BCUT2D eigenvalue weighted by Gasteiger charge is -2.28. The van der Waals surface area contributed by atoms with E-state index in [0.29, 0.717) is 0 Å². The normalized spacial score (nSPS) is 32.4. The number of nitrogens with one attached hydrogen (secondary N) is 1. The summed E-state index contributed by atoms with van der Waals surface area (Å²) < 4.78 is 6.61. The number of hydrogen-bond donors (Lipinski definition) is 4. The van der Waals surface area contributed by atoms with Crippen LogP contribution < -0.4 is 17.0 Å². The van der Waals surface area contributed by atoms with Crippen LogP contribution in [0.25, 0.3) is 0 Å². The van der Waals surface area contributed by atoms with E-state index < -0.39 is 41.3 Å². The Bertz CT molecular complexity index is 747. The highest BCUT2D eigenvalue weighted by atomic mass is 35.5. The molecule has 1 saturated heterocycles. The number of aliphatic hydroxyl groups is 2. The number of aromatic amines is 1. The third-order valence-corrected chi connectivity index (χ3v) is 3.73. The fourth-order valence-corrected chi connectivity index (χ4v) is 2.70. The lowest BCUT2D eigenvalue weighted by atomic mass is 9.90. The van der Waals surface area contributed by atoms with Crippen molar-refractivity contribution in [2.45, 2.75) is 43.9 Å². The summed E-state index contributed by atoms with van der Waals surface area (Å²) in [5.41, 5.74) is 3.30. The van der Waals surface area contributed by atoms with Gasteiger partial charge in [-0.15, -0.1) is 0 Å². The van der Waals surface area contributed by atoms with E-state index >= 15 is 0 Å². The van der Waals surface area contributed by atoms with Crippen molar-refractivity contribution in [3.05, 3.63) is 32.6 Å². The highest BCUT2D eigenvalue weighted by molar-refractivity contribution is 6.30. The van der Waals surface area contributed by atoms with Crippen LogP contribution in [0.1, 0.15) is 18.8 Å². The molecule has 2 rings (SSSR count). The number of ether oxygens (including phenoxy) is 1. The highest BCUT2D eigenvalue weighted by Crippen LogP contribution is 2.37. The molecule has 5 N–H and O–H groups in total. The van der Waals surface area contributed by atoms with Crippen molar-refractivity contribution in [3.63, 3.8) is 0 Å². The Morgan fingerprint density at radius 1 is 1.59 bits per heavy atom. The topological polar surface area (TPSA) is 131 Å². The van der Waals surface area contributed by atoms with Crippen LogP contribution in [0.4, 0.5) is 0 Å². The van der Waals surface area contributed by atoms with Crippen molar-refractivity contribution in [3.8, 4) is 11.3 Å². The Kier molecular flexibility index (Phi) is 4.47. The average molecular weight is 330 g/mol. The maximum absolute atomic E-state index is 12.1. The van der Waals surface area contributed by atoms with E-state index in [9.17, 15) is 19.8 Å². The van der Waals surface area contributed by atoms with Crippen LogP contribution in [0.15, 0.2) is 15.7 Å². The standard InChI is InChI=1S/C13H16ClN3O5/c1-6-5-8(19)16-12(21)17(6)11-13(15,3-4-14)10(20)9(22-11)7(2)18/h5,7,9-11,18,20H,15H2,1-2H3,(H,16,19,21)/t7-,9-,10+,11-,13?/m1/s1. The van der Waals surface area contributed by atoms with E-state index in [2.05, 4.69) is 16.3 Å². The zero-order valence-electron chi connectivity index (χ0n) is 11.9. The minimum atomic E-state index is -1.73. The average Bonchev–Trinajstić information content (AvgIpc) is 2.63. The maximum Gasteiger partial charge on any atom is 0.330 e. The second-order valence-corrected chi connectivity index (χ2v) is 5.43. The fraction of sp³-hybridized carbons (Fsp3) is 0.538. The molecule has 1 fully saturated rings. The third-order valence-electron chi connectivity index (χ3n) is 3.64. The second kappa shape index (κ2) is 5.87. The van der Waals surface area contributed by atoms with Crippen LogP contribution in [0.2, 0.25) is 0 Å². The first-order valence-electron chi connectivity index (χ1n) is 6.48. The molecule has 0 amide bonds.